The lowest BCUT2D eigenvalue weighted by atomic mass is 9.77. The van der Waals surface area contributed by atoms with Crippen molar-refractivity contribution in [3.05, 3.63) is 45.7 Å². The van der Waals surface area contributed by atoms with Gasteiger partial charge in [-0.2, -0.15) is 0 Å². The number of aromatic carboxylic acids is 1. The van der Waals surface area contributed by atoms with Gasteiger partial charge in [-0.05, 0) is 132 Å². The second-order valence-electron chi connectivity index (χ2n) is 23.9. The Balaban J connectivity index is 1.19. The van der Waals surface area contributed by atoms with Crippen LogP contribution in [0.4, 0.5) is 4.79 Å². The first kappa shape index (κ1) is 63.7. The number of carboxylic acids is 1. The van der Waals surface area contributed by atoms with Crippen LogP contribution < -0.4 is 15.8 Å². The van der Waals surface area contributed by atoms with E-state index in [1.807, 2.05) is 77.7 Å². The van der Waals surface area contributed by atoms with Crippen LogP contribution in [0.5, 0.6) is 0 Å². The zero-order chi connectivity index (χ0) is 58.6. The molecule has 22 nitrogen and oxygen atoms in total. The molecule has 4 fully saturated rings. The SMILES string of the molecule is CC[C@H]1OC(=O)[C@H](C)[C@@H](O[C@H]2C[C@@](C)(OC)[C@@H](OC(=O)CCNCCCc3ccc4c(c3)c(=O)c(C(=O)O)cn4N(C)C)[C@H](C)O2)[C@H](C)[C@H](O[C@@H]2O[C@H](C)C[C@H](N(C)C)[C@H]2O)[C@](C)(O)C[C@@H](C)CN(C)[C@H](C)[C@H]2OC(=O)O[C@@]21C. The van der Waals surface area contributed by atoms with Crippen molar-refractivity contribution in [2.24, 2.45) is 17.8 Å². The Morgan fingerprint density at radius 1 is 0.937 bits per heavy atom. The van der Waals surface area contributed by atoms with Gasteiger partial charge in [0, 0.05) is 70.3 Å². The summed E-state index contributed by atoms with van der Waals surface area (Å²) in [6.45, 7) is 19.4. The molecule has 4 saturated heterocycles. The molecule has 0 bridgehead atoms. The average Bonchev–Trinajstić information content (AvgIpc) is 3.79. The number of methoxy groups -OCH3 is 1. The quantitative estimate of drug-likeness (QED) is 0.0969. The van der Waals surface area contributed by atoms with Crippen LogP contribution in [0.1, 0.15) is 124 Å². The molecule has 0 unspecified atom stereocenters. The smallest absolute Gasteiger partial charge is 0.477 e. The van der Waals surface area contributed by atoms with E-state index >= 15 is 0 Å². The Bertz CT molecular complexity index is 2490. The molecule has 5 heterocycles. The highest BCUT2D eigenvalue weighted by molar-refractivity contribution is 5.92. The van der Waals surface area contributed by atoms with E-state index in [9.17, 15) is 39.3 Å². The Labute approximate surface area is 465 Å². The minimum atomic E-state index is -1.63. The van der Waals surface area contributed by atoms with Crippen molar-refractivity contribution in [3.8, 4) is 0 Å². The lowest BCUT2D eigenvalue weighted by Gasteiger charge is -2.49. The number of aryl methyl sites for hydroxylation is 1. The van der Waals surface area contributed by atoms with Crippen LogP contribution in [-0.2, 0) is 58.6 Å². The zero-order valence-corrected chi connectivity index (χ0v) is 49.4. The minimum absolute atomic E-state index is 0.0344. The minimum Gasteiger partial charge on any atom is -0.477 e. The number of hydrogen-bond acceptors (Lipinski definition) is 20. The molecule has 4 aliphatic heterocycles. The van der Waals surface area contributed by atoms with Crippen molar-refractivity contribution < 1.29 is 77.1 Å². The van der Waals surface area contributed by atoms with Crippen LogP contribution in [0.3, 0.4) is 0 Å². The predicted molar refractivity (Wildman–Crippen MR) is 292 cm³/mol. The van der Waals surface area contributed by atoms with E-state index in [-0.39, 0.29) is 49.3 Å². The summed E-state index contributed by atoms with van der Waals surface area (Å²) in [7, 11) is 10.7. The number of hydrogen-bond donors (Lipinski definition) is 4. The Hall–Kier alpha value is -4.49. The van der Waals surface area contributed by atoms with Gasteiger partial charge in [-0.1, -0.05) is 26.8 Å². The molecule has 6 rings (SSSR count). The number of carbonyl (C=O) groups excluding carboxylic acids is 3. The third-order valence-electron chi connectivity index (χ3n) is 16.9. The van der Waals surface area contributed by atoms with Crippen LogP contribution >= 0.6 is 0 Å². The van der Waals surface area contributed by atoms with E-state index < -0.39 is 119 Å². The van der Waals surface area contributed by atoms with Crippen molar-refractivity contribution in [2.45, 2.75) is 204 Å². The molecular formula is C57H91N5O17. The van der Waals surface area contributed by atoms with Gasteiger partial charge < -0.3 is 73.2 Å². The van der Waals surface area contributed by atoms with E-state index in [0.29, 0.717) is 49.8 Å². The number of nitrogens with one attached hydrogen (secondary N) is 1. The lowest BCUT2D eigenvalue weighted by Crippen LogP contribution is -2.61. The summed E-state index contributed by atoms with van der Waals surface area (Å²) in [4.78, 5) is 70.2. The zero-order valence-electron chi connectivity index (χ0n) is 49.4. The highest BCUT2D eigenvalue weighted by Crippen LogP contribution is 2.42. The van der Waals surface area contributed by atoms with Crippen LogP contribution in [-0.4, -0.2) is 206 Å². The third-order valence-corrected chi connectivity index (χ3v) is 16.9. The summed E-state index contributed by atoms with van der Waals surface area (Å²) in [6, 6.07) is 4.73. The monoisotopic (exact) mass is 1120 g/mol. The summed E-state index contributed by atoms with van der Waals surface area (Å²) in [6.07, 6.45) is -6.45. The molecule has 0 saturated carbocycles. The van der Waals surface area contributed by atoms with Gasteiger partial charge in [-0.3, -0.25) is 24.0 Å². The van der Waals surface area contributed by atoms with Gasteiger partial charge in [0.25, 0.3) is 0 Å². The molecular weight excluding hydrogens is 1030 g/mol. The van der Waals surface area contributed by atoms with Crippen molar-refractivity contribution in [2.75, 3.05) is 67.0 Å². The predicted octanol–water partition coefficient (Wildman–Crippen LogP) is 4.46. The molecule has 4 aliphatic rings. The summed E-state index contributed by atoms with van der Waals surface area (Å²) in [5.74, 6) is -4.54. The maximum absolute atomic E-state index is 14.8. The van der Waals surface area contributed by atoms with Crippen LogP contribution in [0.2, 0.25) is 0 Å². The maximum atomic E-state index is 14.8. The molecule has 0 amide bonds. The molecule has 1 aromatic carbocycles. The number of carboxylic acid groups (broad SMARTS) is 1. The molecule has 22 heteroatoms. The van der Waals surface area contributed by atoms with Crippen molar-refractivity contribution in [3.63, 3.8) is 0 Å². The number of fused-ring (bicyclic) bond motifs is 2. The number of carbonyl (C=O) groups is 4. The number of ether oxygens (including phenoxy) is 9. The summed E-state index contributed by atoms with van der Waals surface area (Å²) in [5, 5.41) is 39.6. The summed E-state index contributed by atoms with van der Waals surface area (Å²) >= 11 is 0. The number of aliphatic hydroxyl groups is 2. The average molecular weight is 1120 g/mol. The number of esters is 2. The largest absolute Gasteiger partial charge is 0.509 e. The molecule has 18 atom stereocenters. The van der Waals surface area contributed by atoms with Crippen molar-refractivity contribution in [1.82, 2.24) is 19.8 Å². The summed E-state index contributed by atoms with van der Waals surface area (Å²) in [5.41, 5.74) is -3.55. The van der Waals surface area contributed by atoms with E-state index in [2.05, 4.69) is 5.32 Å². The molecule has 0 radical (unpaired) electrons. The molecule has 446 valence electrons. The van der Waals surface area contributed by atoms with E-state index in [4.69, 9.17) is 42.6 Å². The second kappa shape index (κ2) is 26.2. The first-order valence-electron chi connectivity index (χ1n) is 28.0. The van der Waals surface area contributed by atoms with Gasteiger partial charge in [0.05, 0.1) is 47.9 Å². The first-order chi connectivity index (χ1) is 37.0. The van der Waals surface area contributed by atoms with Crippen molar-refractivity contribution >= 4 is 35.0 Å². The lowest BCUT2D eigenvalue weighted by molar-refractivity contribution is -0.318. The standard InChI is InChI=1S/C57H91N5O17/c1-17-42-57(10)49(78-54(69)79-57)35(6)61(15)29-31(2)27-55(8,70)48(77-53-46(65)41(59(11)12)25-32(3)72-53)33(4)47(34(5)52(68)74-42)76-44-28-56(9,71-16)50(36(7)73-44)75-43(63)22-24-58-23-18-19-37-20-21-40-38(26-37)45(64)39(51(66)67)30-62(40)60(13)14/h20-21,26,30-36,41-42,44,46-50,53,58,65,70H,17-19,22-25,27-29H2,1-16H3,(H,66,67)/t31-,32-,33+,34-,35-,36+,41+,42-,44+,46-,47+,48+,49-,50+,53+,55-,56-,57-/m1/s1. The van der Waals surface area contributed by atoms with Crippen molar-refractivity contribution in [1.29, 1.82) is 0 Å². The van der Waals surface area contributed by atoms with Gasteiger partial charge in [0.2, 0.25) is 5.43 Å². The third kappa shape index (κ3) is 14.4. The molecule has 1 aromatic heterocycles. The van der Waals surface area contributed by atoms with Crippen LogP contribution in [0.25, 0.3) is 10.9 Å². The number of nitrogens with zero attached hydrogens (tertiary/aromatic N) is 4. The summed E-state index contributed by atoms with van der Waals surface area (Å²) < 4.78 is 58.7. The first-order valence-corrected chi connectivity index (χ1v) is 28.0. The van der Waals surface area contributed by atoms with Crippen LogP contribution in [0, 0.1) is 17.8 Å². The Morgan fingerprint density at radius 2 is 1.63 bits per heavy atom. The highest BCUT2D eigenvalue weighted by atomic mass is 16.8. The number of cyclic esters (lactones) is 1. The Morgan fingerprint density at radius 3 is 2.27 bits per heavy atom. The van der Waals surface area contributed by atoms with Gasteiger partial charge >= 0.3 is 24.1 Å². The van der Waals surface area contributed by atoms with Gasteiger partial charge in [-0.15, -0.1) is 0 Å². The number of rotatable bonds is 17. The van der Waals surface area contributed by atoms with E-state index in [1.165, 1.54) is 13.3 Å². The number of aliphatic hydroxyl groups excluding tert-OH is 1. The van der Waals surface area contributed by atoms with Gasteiger partial charge in [0.1, 0.15) is 23.4 Å². The number of benzene rings is 1. The van der Waals surface area contributed by atoms with Gasteiger partial charge in [0.15, 0.2) is 30.4 Å². The number of pyridine rings is 1. The topological polar surface area (TPSA) is 256 Å². The van der Waals surface area contributed by atoms with E-state index in [1.54, 1.807) is 64.5 Å². The fourth-order valence-corrected chi connectivity index (χ4v) is 12.5. The molecule has 0 spiro atoms. The Kier molecular flexibility index (Phi) is 21.1. The molecule has 2 aromatic rings. The number of likely N-dealkylation sites (N-methyl/N-ethyl adjacent to an activating group) is 2. The highest BCUT2D eigenvalue weighted by Gasteiger charge is 2.58. The van der Waals surface area contributed by atoms with Crippen LogP contribution in [0.15, 0.2) is 29.2 Å². The fraction of sp³-hybridized carbons (Fsp3) is 0.772. The van der Waals surface area contributed by atoms with Gasteiger partial charge in [-0.25, -0.2) is 9.59 Å². The molecule has 79 heavy (non-hydrogen) atoms. The molecule has 4 N–H and O–H groups in total. The van der Waals surface area contributed by atoms with E-state index in [0.717, 1.165) is 5.56 Å². The number of aromatic nitrogens is 1. The molecule has 0 aliphatic carbocycles. The maximum Gasteiger partial charge on any atom is 0.509 e. The fourth-order valence-electron chi connectivity index (χ4n) is 12.5. The normalized spacial score (nSPS) is 37.1. The second-order valence-corrected chi connectivity index (χ2v) is 23.9.